The van der Waals surface area contributed by atoms with Crippen LogP contribution in [-0.2, 0) is 9.53 Å². The van der Waals surface area contributed by atoms with Crippen molar-refractivity contribution in [2.45, 2.75) is 39.3 Å². The quantitative estimate of drug-likeness (QED) is 0.630. The topological polar surface area (TPSA) is 55.8 Å². The zero-order valence-corrected chi connectivity index (χ0v) is 12.9. The van der Waals surface area contributed by atoms with E-state index in [1.165, 1.54) is 14.0 Å². The molecule has 1 heterocycles. The molecule has 5 nitrogen and oxygen atoms in total. The van der Waals surface area contributed by atoms with E-state index < -0.39 is 0 Å². The summed E-state index contributed by atoms with van der Waals surface area (Å²) in [6, 6.07) is 4.95. The number of nitrogens with zero attached hydrogens (tertiary/aromatic N) is 1. The lowest BCUT2D eigenvalue weighted by atomic mass is 10.0. The number of carbonyl (C=O) groups excluding carboxylic acids is 2. The largest absolute Gasteiger partial charge is 0.487 e. The Hall–Kier alpha value is -2.04. The lowest BCUT2D eigenvalue weighted by Crippen LogP contribution is -2.48. The van der Waals surface area contributed by atoms with Gasteiger partial charge < -0.3 is 14.4 Å². The molecule has 0 aliphatic carbocycles. The third-order valence-electron chi connectivity index (χ3n) is 3.69. The second kappa shape index (κ2) is 6.16. The Morgan fingerprint density at radius 3 is 2.76 bits per heavy atom. The molecule has 2 unspecified atom stereocenters. The number of fused-ring (bicyclic) bond motifs is 1. The van der Waals surface area contributed by atoms with Crippen molar-refractivity contribution in [2.75, 3.05) is 18.6 Å². The molecule has 0 spiro atoms. The van der Waals surface area contributed by atoms with Crippen molar-refractivity contribution in [3.63, 3.8) is 0 Å². The SMILES string of the molecule is CCC(C(=O)OC)N1CC(C)Oc2ccc(C(C)=O)cc21. The lowest BCUT2D eigenvalue weighted by Gasteiger charge is -2.38. The Balaban J connectivity index is 2.46. The Morgan fingerprint density at radius 2 is 2.19 bits per heavy atom. The number of hydrogen-bond acceptors (Lipinski definition) is 5. The van der Waals surface area contributed by atoms with Gasteiger partial charge in [0, 0.05) is 5.56 Å². The zero-order chi connectivity index (χ0) is 15.6. The van der Waals surface area contributed by atoms with Gasteiger partial charge in [0.15, 0.2) is 5.78 Å². The van der Waals surface area contributed by atoms with E-state index in [-0.39, 0.29) is 23.9 Å². The first-order valence-electron chi connectivity index (χ1n) is 7.14. The van der Waals surface area contributed by atoms with Gasteiger partial charge in [-0.15, -0.1) is 0 Å². The van der Waals surface area contributed by atoms with Gasteiger partial charge in [0.1, 0.15) is 17.9 Å². The van der Waals surface area contributed by atoms with Gasteiger partial charge in [0.25, 0.3) is 0 Å². The summed E-state index contributed by atoms with van der Waals surface area (Å²) in [5.74, 6) is 0.411. The molecule has 0 saturated heterocycles. The third-order valence-corrected chi connectivity index (χ3v) is 3.69. The van der Waals surface area contributed by atoms with Crippen LogP contribution in [0.4, 0.5) is 5.69 Å². The minimum absolute atomic E-state index is 0.0116. The van der Waals surface area contributed by atoms with Gasteiger partial charge in [-0.05, 0) is 38.5 Å². The van der Waals surface area contributed by atoms with Gasteiger partial charge in [-0.25, -0.2) is 4.79 Å². The number of carbonyl (C=O) groups is 2. The zero-order valence-electron chi connectivity index (χ0n) is 12.9. The van der Waals surface area contributed by atoms with Crippen molar-refractivity contribution >= 4 is 17.4 Å². The van der Waals surface area contributed by atoms with E-state index in [2.05, 4.69) is 0 Å². The molecule has 1 aromatic carbocycles. The van der Waals surface area contributed by atoms with Crippen LogP contribution in [0.25, 0.3) is 0 Å². The molecule has 0 amide bonds. The highest BCUT2D eigenvalue weighted by atomic mass is 16.5. The van der Waals surface area contributed by atoms with E-state index in [9.17, 15) is 9.59 Å². The number of hydrogen-bond donors (Lipinski definition) is 0. The summed E-state index contributed by atoms with van der Waals surface area (Å²) in [5, 5.41) is 0. The number of rotatable bonds is 4. The fourth-order valence-electron chi connectivity index (χ4n) is 2.64. The molecule has 0 N–H and O–H groups in total. The van der Waals surface area contributed by atoms with E-state index in [1.807, 2.05) is 18.7 Å². The van der Waals surface area contributed by atoms with Crippen LogP contribution in [0, 0.1) is 0 Å². The molecule has 0 fully saturated rings. The molecule has 21 heavy (non-hydrogen) atoms. The molecule has 1 aliphatic rings. The fraction of sp³-hybridized carbons (Fsp3) is 0.500. The molecule has 1 aliphatic heterocycles. The Bertz CT molecular complexity index is 555. The predicted octanol–water partition coefficient (Wildman–Crippen LogP) is 2.43. The maximum Gasteiger partial charge on any atom is 0.328 e. The molecule has 0 bridgehead atoms. The van der Waals surface area contributed by atoms with Crippen LogP contribution in [0.3, 0.4) is 0 Å². The predicted molar refractivity (Wildman–Crippen MR) is 80.0 cm³/mol. The summed E-state index contributed by atoms with van der Waals surface area (Å²) in [7, 11) is 1.39. The highest BCUT2D eigenvalue weighted by Gasteiger charge is 2.32. The maximum absolute atomic E-state index is 12.0. The van der Waals surface area contributed by atoms with E-state index in [4.69, 9.17) is 9.47 Å². The lowest BCUT2D eigenvalue weighted by molar-refractivity contribution is -0.142. The number of benzene rings is 1. The van der Waals surface area contributed by atoms with Gasteiger partial charge in [-0.3, -0.25) is 4.79 Å². The van der Waals surface area contributed by atoms with Gasteiger partial charge in [-0.2, -0.15) is 0 Å². The van der Waals surface area contributed by atoms with Gasteiger partial charge in [-0.1, -0.05) is 6.92 Å². The van der Waals surface area contributed by atoms with E-state index >= 15 is 0 Å². The van der Waals surface area contributed by atoms with Crippen molar-refractivity contribution in [2.24, 2.45) is 0 Å². The van der Waals surface area contributed by atoms with E-state index in [0.29, 0.717) is 24.3 Å². The van der Waals surface area contributed by atoms with Crippen LogP contribution in [0.15, 0.2) is 18.2 Å². The molecule has 1 aromatic rings. The summed E-state index contributed by atoms with van der Waals surface area (Å²) >= 11 is 0. The van der Waals surface area contributed by atoms with Crippen molar-refractivity contribution in [1.82, 2.24) is 0 Å². The number of methoxy groups -OCH3 is 1. The monoisotopic (exact) mass is 291 g/mol. The van der Waals surface area contributed by atoms with Crippen LogP contribution in [-0.4, -0.2) is 37.6 Å². The number of Topliss-reactive ketones (excluding diaryl/α,β-unsaturated/α-hetero) is 1. The van der Waals surface area contributed by atoms with Gasteiger partial charge >= 0.3 is 5.97 Å². The average molecular weight is 291 g/mol. The minimum Gasteiger partial charge on any atom is -0.487 e. The van der Waals surface area contributed by atoms with Crippen LogP contribution in [0.1, 0.15) is 37.6 Å². The summed E-state index contributed by atoms with van der Waals surface area (Å²) in [6.45, 7) is 6.01. The van der Waals surface area contributed by atoms with Crippen molar-refractivity contribution in [3.05, 3.63) is 23.8 Å². The molecular weight excluding hydrogens is 270 g/mol. The van der Waals surface area contributed by atoms with E-state index in [0.717, 1.165) is 5.69 Å². The highest BCUT2D eigenvalue weighted by molar-refractivity contribution is 5.96. The smallest absolute Gasteiger partial charge is 0.328 e. The number of anilines is 1. The summed E-state index contributed by atoms with van der Waals surface area (Å²) in [4.78, 5) is 25.6. The first-order chi connectivity index (χ1) is 9.97. The molecule has 2 rings (SSSR count). The number of esters is 1. The van der Waals surface area contributed by atoms with Crippen molar-refractivity contribution in [3.8, 4) is 5.75 Å². The fourth-order valence-corrected chi connectivity index (χ4v) is 2.64. The normalized spacial score (nSPS) is 18.5. The number of ketones is 1. The first-order valence-corrected chi connectivity index (χ1v) is 7.14. The van der Waals surface area contributed by atoms with Crippen molar-refractivity contribution < 1.29 is 19.1 Å². The molecule has 0 saturated carbocycles. The first kappa shape index (κ1) is 15.4. The minimum atomic E-state index is -0.373. The Morgan fingerprint density at radius 1 is 1.48 bits per heavy atom. The Kier molecular flexibility index (Phi) is 4.50. The van der Waals surface area contributed by atoms with Crippen LogP contribution >= 0.6 is 0 Å². The molecule has 114 valence electrons. The number of ether oxygens (including phenoxy) is 2. The van der Waals surface area contributed by atoms with Crippen LogP contribution in [0.2, 0.25) is 0 Å². The third kappa shape index (κ3) is 3.01. The van der Waals surface area contributed by atoms with Crippen LogP contribution in [0.5, 0.6) is 5.75 Å². The van der Waals surface area contributed by atoms with Gasteiger partial charge in [0.05, 0.1) is 19.3 Å². The summed E-state index contributed by atoms with van der Waals surface area (Å²) < 4.78 is 10.7. The molecule has 5 heteroatoms. The summed E-state index contributed by atoms with van der Waals surface area (Å²) in [5.41, 5.74) is 1.38. The standard InChI is InChI=1S/C16H21NO4/c1-5-13(16(19)20-4)17-9-10(2)21-15-7-6-12(11(3)18)8-14(15)17/h6-8,10,13H,5,9H2,1-4H3. The van der Waals surface area contributed by atoms with Gasteiger partial charge in [0.2, 0.25) is 0 Å². The second-order valence-electron chi connectivity index (χ2n) is 5.27. The van der Waals surface area contributed by atoms with Crippen LogP contribution < -0.4 is 9.64 Å². The maximum atomic E-state index is 12.0. The Labute approximate surface area is 124 Å². The molecule has 0 radical (unpaired) electrons. The second-order valence-corrected chi connectivity index (χ2v) is 5.27. The molecular formula is C16H21NO4. The molecule has 2 atom stereocenters. The van der Waals surface area contributed by atoms with E-state index in [1.54, 1.807) is 18.2 Å². The average Bonchev–Trinajstić information content (AvgIpc) is 2.46. The highest BCUT2D eigenvalue weighted by Crippen LogP contribution is 2.36. The van der Waals surface area contributed by atoms with Crippen molar-refractivity contribution in [1.29, 1.82) is 0 Å². The molecule has 0 aromatic heterocycles. The summed E-state index contributed by atoms with van der Waals surface area (Å²) in [6.07, 6.45) is 0.600.